The van der Waals surface area contributed by atoms with Crippen LogP contribution >= 0.6 is 0 Å². The monoisotopic (exact) mass is 397 g/mol. The van der Waals surface area contributed by atoms with Crippen LogP contribution in [0.25, 0.3) is 76.5 Å². The first-order valence-corrected chi connectivity index (χ1v) is 10.5. The van der Waals surface area contributed by atoms with Crippen molar-refractivity contribution >= 4 is 76.5 Å². The predicted octanol–water partition coefficient (Wildman–Crippen LogP) is 8.27. The van der Waals surface area contributed by atoms with Crippen molar-refractivity contribution in [2.75, 3.05) is 0 Å². The highest BCUT2D eigenvalue weighted by Crippen LogP contribution is 2.47. The fraction of sp³-hybridized carbons (Fsp3) is 0. The summed E-state index contributed by atoms with van der Waals surface area (Å²) in [5.41, 5.74) is 5.86. The van der Waals surface area contributed by atoms with E-state index in [1.54, 1.807) is 0 Å². The number of hydrogen-bond donors (Lipinski definition) is 1. The van der Waals surface area contributed by atoms with Crippen LogP contribution in [-0.2, 0) is 0 Å². The lowest BCUT2D eigenvalue weighted by atomic mass is 9.96. The molecule has 1 N–H and O–H groups in total. The Bertz CT molecular complexity index is 2000. The standard InChI is InChI=1S/C28H15NO2/c1-4-10-19-15(7-1)26-27(29-19)18-13-14-22-23(16-8-2-5-11-20(16)30-22)24(18)25-17-9-3-6-12-21(17)31-28(25)26/h1-14,29H. The first-order chi connectivity index (χ1) is 15.4. The van der Waals surface area contributed by atoms with Gasteiger partial charge in [-0.2, -0.15) is 0 Å². The van der Waals surface area contributed by atoms with Crippen molar-refractivity contribution in [3.63, 3.8) is 0 Å². The van der Waals surface area contributed by atoms with Crippen molar-refractivity contribution in [3.8, 4) is 0 Å². The zero-order valence-corrected chi connectivity index (χ0v) is 16.4. The summed E-state index contributed by atoms with van der Waals surface area (Å²) >= 11 is 0. The Morgan fingerprint density at radius 3 is 1.97 bits per heavy atom. The van der Waals surface area contributed by atoms with Gasteiger partial charge in [-0.1, -0.05) is 54.6 Å². The third kappa shape index (κ3) is 1.80. The van der Waals surface area contributed by atoms with Crippen molar-refractivity contribution < 1.29 is 8.83 Å². The number of aromatic nitrogens is 1. The molecular formula is C28H15NO2. The van der Waals surface area contributed by atoms with Gasteiger partial charge in [0.2, 0.25) is 0 Å². The number of hydrogen-bond acceptors (Lipinski definition) is 2. The molecule has 0 aliphatic carbocycles. The summed E-state index contributed by atoms with van der Waals surface area (Å²) in [5.74, 6) is 0. The van der Waals surface area contributed by atoms with Crippen molar-refractivity contribution in [3.05, 3.63) is 84.9 Å². The molecule has 0 saturated heterocycles. The van der Waals surface area contributed by atoms with Crippen LogP contribution in [0.1, 0.15) is 0 Å². The van der Waals surface area contributed by atoms with E-state index in [1.807, 2.05) is 18.2 Å². The molecule has 0 aliphatic rings. The largest absolute Gasteiger partial charge is 0.456 e. The normalized spacial score (nSPS) is 12.5. The molecule has 0 amide bonds. The Kier molecular flexibility index (Phi) is 2.65. The summed E-state index contributed by atoms with van der Waals surface area (Å²) < 4.78 is 12.8. The number of para-hydroxylation sites is 3. The number of aromatic amines is 1. The van der Waals surface area contributed by atoms with Gasteiger partial charge in [0.1, 0.15) is 22.3 Å². The smallest absolute Gasteiger partial charge is 0.146 e. The Labute approximate surface area is 175 Å². The van der Waals surface area contributed by atoms with Gasteiger partial charge in [0, 0.05) is 43.2 Å². The lowest BCUT2D eigenvalue weighted by Crippen LogP contribution is -1.81. The Hall–Kier alpha value is -4.24. The summed E-state index contributed by atoms with van der Waals surface area (Å²) in [6.45, 7) is 0. The molecule has 8 rings (SSSR count). The fourth-order valence-electron chi connectivity index (χ4n) is 5.33. The SMILES string of the molecule is c1ccc2c(c1)[nH]c1c3ccc4oc5ccccc5c4c3c3c4ccccc4oc3c21. The van der Waals surface area contributed by atoms with Gasteiger partial charge in [0.25, 0.3) is 0 Å². The Morgan fingerprint density at radius 2 is 1.13 bits per heavy atom. The molecule has 8 aromatic rings. The van der Waals surface area contributed by atoms with Crippen LogP contribution in [0.5, 0.6) is 0 Å². The highest BCUT2D eigenvalue weighted by molar-refractivity contribution is 6.40. The molecule has 0 bridgehead atoms. The van der Waals surface area contributed by atoms with Gasteiger partial charge in [-0.3, -0.25) is 0 Å². The van der Waals surface area contributed by atoms with E-state index in [2.05, 4.69) is 71.7 Å². The molecule has 0 atom stereocenters. The Morgan fingerprint density at radius 1 is 0.452 bits per heavy atom. The molecule has 3 heteroatoms. The minimum atomic E-state index is 0.899. The molecule has 5 aromatic carbocycles. The molecule has 3 aromatic heterocycles. The molecular weight excluding hydrogens is 382 g/mol. The zero-order valence-electron chi connectivity index (χ0n) is 16.4. The molecule has 3 heterocycles. The third-order valence-corrected chi connectivity index (χ3v) is 6.59. The molecule has 144 valence electrons. The van der Waals surface area contributed by atoms with Crippen molar-refractivity contribution in [1.29, 1.82) is 0 Å². The number of furan rings is 2. The van der Waals surface area contributed by atoms with E-state index in [1.165, 1.54) is 16.2 Å². The van der Waals surface area contributed by atoms with E-state index in [0.717, 1.165) is 60.3 Å². The van der Waals surface area contributed by atoms with Gasteiger partial charge in [-0.05, 0) is 30.3 Å². The van der Waals surface area contributed by atoms with Gasteiger partial charge in [0.05, 0.1) is 10.9 Å². The molecule has 0 spiro atoms. The van der Waals surface area contributed by atoms with Crippen LogP contribution in [0.2, 0.25) is 0 Å². The van der Waals surface area contributed by atoms with E-state index in [0.29, 0.717) is 0 Å². The van der Waals surface area contributed by atoms with E-state index in [-0.39, 0.29) is 0 Å². The van der Waals surface area contributed by atoms with Gasteiger partial charge in [-0.25, -0.2) is 0 Å². The lowest BCUT2D eigenvalue weighted by Gasteiger charge is -2.05. The number of nitrogens with one attached hydrogen (secondary N) is 1. The minimum absolute atomic E-state index is 0.899. The van der Waals surface area contributed by atoms with Crippen LogP contribution in [0.15, 0.2) is 93.8 Å². The third-order valence-electron chi connectivity index (χ3n) is 6.59. The quantitative estimate of drug-likeness (QED) is 0.280. The second-order valence-electron chi connectivity index (χ2n) is 8.18. The Balaban J connectivity index is 1.82. The maximum atomic E-state index is 6.53. The second kappa shape index (κ2) is 5.27. The first kappa shape index (κ1) is 15.6. The number of benzene rings is 5. The average molecular weight is 397 g/mol. The fourth-order valence-corrected chi connectivity index (χ4v) is 5.33. The topological polar surface area (TPSA) is 42.1 Å². The van der Waals surface area contributed by atoms with Gasteiger partial charge >= 0.3 is 0 Å². The molecule has 0 saturated carbocycles. The maximum absolute atomic E-state index is 6.53. The second-order valence-corrected chi connectivity index (χ2v) is 8.18. The summed E-state index contributed by atoms with van der Waals surface area (Å²) in [6, 6.07) is 29.3. The van der Waals surface area contributed by atoms with E-state index in [9.17, 15) is 0 Å². The summed E-state index contributed by atoms with van der Waals surface area (Å²) in [7, 11) is 0. The van der Waals surface area contributed by atoms with Gasteiger partial charge in [-0.15, -0.1) is 0 Å². The highest BCUT2D eigenvalue weighted by Gasteiger charge is 2.22. The average Bonchev–Trinajstić information content (AvgIpc) is 3.49. The van der Waals surface area contributed by atoms with Crippen molar-refractivity contribution in [2.24, 2.45) is 0 Å². The molecule has 0 fully saturated rings. The summed E-state index contributed by atoms with van der Waals surface area (Å²) in [6.07, 6.45) is 0. The predicted molar refractivity (Wildman–Crippen MR) is 128 cm³/mol. The van der Waals surface area contributed by atoms with E-state index in [4.69, 9.17) is 8.83 Å². The van der Waals surface area contributed by atoms with Gasteiger partial charge in [0.15, 0.2) is 0 Å². The van der Waals surface area contributed by atoms with Crippen LogP contribution in [0.4, 0.5) is 0 Å². The van der Waals surface area contributed by atoms with Crippen LogP contribution in [0.3, 0.4) is 0 Å². The van der Waals surface area contributed by atoms with E-state index < -0.39 is 0 Å². The van der Waals surface area contributed by atoms with Crippen LogP contribution in [0, 0.1) is 0 Å². The van der Waals surface area contributed by atoms with Crippen molar-refractivity contribution in [2.45, 2.75) is 0 Å². The van der Waals surface area contributed by atoms with Gasteiger partial charge < -0.3 is 13.8 Å². The molecule has 31 heavy (non-hydrogen) atoms. The lowest BCUT2D eigenvalue weighted by molar-refractivity contribution is 0.669. The van der Waals surface area contributed by atoms with Crippen LogP contribution in [-0.4, -0.2) is 4.98 Å². The molecule has 3 nitrogen and oxygen atoms in total. The van der Waals surface area contributed by atoms with E-state index >= 15 is 0 Å². The summed E-state index contributed by atoms with van der Waals surface area (Å²) in [5, 5.41) is 9.25. The highest BCUT2D eigenvalue weighted by atomic mass is 16.3. The maximum Gasteiger partial charge on any atom is 0.146 e. The molecule has 0 unspecified atom stereocenters. The number of fused-ring (bicyclic) bond motifs is 14. The zero-order chi connectivity index (χ0) is 20.1. The molecule has 0 radical (unpaired) electrons. The first-order valence-electron chi connectivity index (χ1n) is 10.5. The van der Waals surface area contributed by atoms with Crippen molar-refractivity contribution in [1.82, 2.24) is 4.98 Å². The summed E-state index contributed by atoms with van der Waals surface area (Å²) in [4.78, 5) is 3.67. The molecule has 0 aliphatic heterocycles. The van der Waals surface area contributed by atoms with Crippen LogP contribution < -0.4 is 0 Å². The number of rotatable bonds is 0. The minimum Gasteiger partial charge on any atom is -0.456 e. The number of H-pyrrole nitrogens is 1.